The van der Waals surface area contributed by atoms with E-state index in [1.807, 2.05) is 17.9 Å². The summed E-state index contributed by atoms with van der Waals surface area (Å²) < 4.78 is 1.85. The van der Waals surface area contributed by atoms with E-state index in [-0.39, 0.29) is 6.04 Å². The lowest BCUT2D eigenvalue weighted by Gasteiger charge is -2.32. The summed E-state index contributed by atoms with van der Waals surface area (Å²) in [5.74, 6) is 1.22. The van der Waals surface area contributed by atoms with Crippen LogP contribution in [0.4, 0.5) is 0 Å². The van der Waals surface area contributed by atoms with Crippen LogP contribution in [0, 0.1) is 5.92 Å². The van der Waals surface area contributed by atoms with Gasteiger partial charge in [0.1, 0.15) is 0 Å². The number of hydrogen-bond acceptors (Lipinski definition) is 3. The van der Waals surface area contributed by atoms with Crippen LogP contribution in [0.3, 0.4) is 0 Å². The van der Waals surface area contributed by atoms with Gasteiger partial charge in [-0.2, -0.15) is 0 Å². The molecule has 1 fully saturated rings. The molecular formula is C10H18N4. The van der Waals surface area contributed by atoms with Crippen molar-refractivity contribution in [1.82, 2.24) is 15.0 Å². The largest absolute Gasteiger partial charge is 0.327 e. The third-order valence-corrected chi connectivity index (χ3v) is 3.30. The molecule has 4 nitrogen and oxygen atoms in total. The van der Waals surface area contributed by atoms with Crippen molar-refractivity contribution in [2.75, 3.05) is 0 Å². The van der Waals surface area contributed by atoms with Crippen LogP contribution in [0.2, 0.25) is 0 Å². The van der Waals surface area contributed by atoms with E-state index in [1.165, 1.54) is 18.5 Å². The smallest absolute Gasteiger partial charge is 0.0728 e. The highest BCUT2D eigenvalue weighted by Gasteiger charge is 2.29. The second-order valence-electron chi connectivity index (χ2n) is 4.47. The lowest BCUT2D eigenvalue weighted by Crippen LogP contribution is -2.35. The summed E-state index contributed by atoms with van der Waals surface area (Å²) in [5.41, 5.74) is 7.32. The zero-order chi connectivity index (χ0) is 10.1. The fraction of sp³-hybridized carbons (Fsp3) is 0.800. The van der Waals surface area contributed by atoms with E-state index in [0.29, 0.717) is 5.92 Å². The number of rotatable bonds is 1. The van der Waals surface area contributed by atoms with Gasteiger partial charge >= 0.3 is 0 Å². The molecule has 0 aromatic carbocycles. The summed E-state index contributed by atoms with van der Waals surface area (Å²) in [6.45, 7) is 2.29. The van der Waals surface area contributed by atoms with Crippen molar-refractivity contribution >= 4 is 0 Å². The molecule has 0 saturated heterocycles. The predicted molar refractivity (Wildman–Crippen MR) is 54.7 cm³/mol. The molecule has 1 aliphatic carbocycles. The quantitative estimate of drug-likeness (QED) is 0.727. The second-order valence-corrected chi connectivity index (χ2v) is 4.47. The Labute approximate surface area is 84.5 Å². The van der Waals surface area contributed by atoms with Gasteiger partial charge in [0.15, 0.2) is 0 Å². The van der Waals surface area contributed by atoms with Crippen LogP contribution in [0.25, 0.3) is 0 Å². The number of aryl methyl sites for hydroxylation is 1. The zero-order valence-electron chi connectivity index (χ0n) is 8.85. The topological polar surface area (TPSA) is 56.7 Å². The van der Waals surface area contributed by atoms with Gasteiger partial charge in [-0.1, -0.05) is 12.1 Å². The minimum atomic E-state index is 0.281. The van der Waals surface area contributed by atoms with Crippen molar-refractivity contribution < 1.29 is 0 Å². The van der Waals surface area contributed by atoms with Crippen LogP contribution in [0.1, 0.15) is 37.8 Å². The average Bonchev–Trinajstić information content (AvgIpc) is 2.56. The molecule has 2 rings (SSSR count). The van der Waals surface area contributed by atoms with Gasteiger partial charge in [-0.3, -0.25) is 4.68 Å². The predicted octanol–water partition coefficient (Wildman–Crippen LogP) is 1.05. The number of nitrogens with two attached hydrogens (primary N) is 1. The van der Waals surface area contributed by atoms with Crippen LogP contribution in [0.5, 0.6) is 0 Å². The average molecular weight is 194 g/mol. The van der Waals surface area contributed by atoms with E-state index < -0.39 is 0 Å². The standard InChI is InChI=1S/C10H18N4/c1-7-3-4-9(11)8(5-7)10-6-12-13-14(10)2/h6-9H,3-5,11H2,1-2H3. The Bertz CT molecular complexity index is 307. The molecule has 4 heteroatoms. The van der Waals surface area contributed by atoms with Crippen LogP contribution in [-0.4, -0.2) is 21.0 Å². The monoisotopic (exact) mass is 194 g/mol. The maximum Gasteiger partial charge on any atom is 0.0728 e. The molecule has 14 heavy (non-hydrogen) atoms. The Balaban J connectivity index is 2.20. The third-order valence-electron chi connectivity index (χ3n) is 3.30. The first-order valence-electron chi connectivity index (χ1n) is 5.28. The summed E-state index contributed by atoms with van der Waals surface area (Å²) in [7, 11) is 1.94. The molecule has 1 heterocycles. The van der Waals surface area contributed by atoms with Crippen LogP contribution in [0.15, 0.2) is 6.20 Å². The Hall–Kier alpha value is -0.900. The van der Waals surface area contributed by atoms with Crippen LogP contribution in [-0.2, 0) is 7.05 Å². The normalized spacial score (nSPS) is 33.2. The lowest BCUT2D eigenvalue weighted by atomic mass is 9.78. The molecule has 2 N–H and O–H groups in total. The van der Waals surface area contributed by atoms with Crippen LogP contribution < -0.4 is 5.73 Å². The zero-order valence-corrected chi connectivity index (χ0v) is 8.85. The second kappa shape index (κ2) is 3.69. The summed E-state index contributed by atoms with van der Waals surface area (Å²) in [5, 5.41) is 7.88. The Morgan fingerprint density at radius 3 is 2.93 bits per heavy atom. The molecule has 0 bridgehead atoms. The van der Waals surface area contributed by atoms with Crippen molar-refractivity contribution in [3.8, 4) is 0 Å². The minimum Gasteiger partial charge on any atom is -0.327 e. The van der Waals surface area contributed by atoms with E-state index in [4.69, 9.17) is 5.73 Å². The highest BCUT2D eigenvalue weighted by atomic mass is 15.4. The first-order chi connectivity index (χ1) is 6.68. The maximum atomic E-state index is 6.13. The van der Waals surface area contributed by atoms with Gasteiger partial charge in [-0.05, 0) is 25.2 Å². The molecule has 3 atom stereocenters. The third kappa shape index (κ3) is 1.66. The highest BCUT2D eigenvalue weighted by Crippen LogP contribution is 2.34. The Morgan fingerprint density at radius 1 is 1.50 bits per heavy atom. The van der Waals surface area contributed by atoms with Gasteiger partial charge < -0.3 is 5.73 Å². The summed E-state index contributed by atoms with van der Waals surface area (Å²) >= 11 is 0. The van der Waals surface area contributed by atoms with Crippen molar-refractivity contribution in [3.05, 3.63) is 11.9 Å². The van der Waals surface area contributed by atoms with Crippen molar-refractivity contribution in [3.63, 3.8) is 0 Å². The molecule has 0 spiro atoms. The van der Waals surface area contributed by atoms with Gasteiger partial charge in [0.25, 0.3) is 0 Å². The van der Waals surface area contributed by atoms with Gasteiger partial charge in [0.2, 0.25) is 0 Å². The molecule has 78 valence electrons. The van der Waals surface area contributed by atoms with E-state index in [1.54, 1.807) is 0 Å². The molecule has 3 unspecified atom stereocenters. The maximum absolute atomic E-state index is 6.13. The van der Waals surface area contributed by atoms with Crippen molar-refractivity contribution in [1.29, 1.82) is 0 Å². The molecule has 1 aromatic heterocycles. The fourth-order valence-corrected chi connectivity index (χ4v) is 2.38. The van der Waals surface area contributed by atoms with Crippen molar-refractivity contribution in [2.45, 2.75) is 38.1 Å². The van der Waals surface area contributed by atoms with E-state index in [9.17, 15) is 0 Å². The van der Waals surface area contributed by atoms with E-state index in [2.05, 4.69) is 17.2 Å². The van der Waals surface area contributed by atoms with Gasteiger partial charge in [-0.25, -0.2) is 0 Å². The first-order valence-corrected chi connectivity index (χ1v) is 5.28. The van der Waals surface area contributed by atoms with Gasteiger partial charge in [0.05, 0.1) is 11.9 Å². The number of nitrogens with zero attached hydrogens (tertiary/aromatic N) is 3. The molecule has 1 aliphatic rings. The number of aromatic nitrogens is 3. The van der Waals surface area contributed by atoms with E-state index >= 15 is 0 Å². The number of hydrogen-bond donors (Lipinski definition) is 1. The fourth-order valence-electron chi connectivity index (χ4n) is 2.38. The molecule has 0 aliphatic heterocycles. The molecule has 0 amide bonds. The van der Waals surface area contributed by atoms with Gasteiger partial charge in [0, 0.05) is 19.0 Å². The Morgan fingerprint density at radius 2 is 2.29 bits per heavy atom. The van der Waals surface area contributed by atoms with Crippen molar-refractivity contribution in [2.24, 2.45) is 18.7 Å². The Kier molecular flexibility index (Phi) is 2.54. The summed E-state index contributed by atoms with van der Waals surface area (Å²) in [4.78, 5) is 0. The van der Waals surface area contributed by atoms with E-state index in [0.717, 1.165) is 12.3 Å². The van der Waals surface area contributed by atoms with Gasteiger partial charge in [-0.15, -0.1) is 5.10 Å². The van der Waals surface area contributed by atoms with Crippen LogP contribution >= 0.6 is 0 Å². The molecular weight excluding hydrogens is 176 g/mol. The molecule has 1 aromatic rings. The SMILES string of the molecule is CC1CCC(N)C(c2cnnn2C)C1. The minimum absolute atomic E-state index is 0.281. The molecule has 1 saturated carbocycles. The first kappa shape index (κ1) is 9.65. The summed E-state index contributed by atoms with van der Waals surface area (Å²) in [6.07, 6.45) is 5.39. The lowest BCUT2D eigenvalue weighted by molar-refractivity contribution is 0.297. The summed E-state index contributed by atoms with van der Waals surface area (Å²) in [6, 6.07) is 0.281. The highest BCUT2D eigenvalue weighted by molar-refractivity contribution is 5.08. The molecule has 0 radical (unpaired) electrons.